The summed E-state index contributed by atoms with van der Waals surface area (Å²) in [5.41, 5.74) is 1.86. The molecule has 4 nitrogen and oxygen atoms in total. The van der Waals surface area contributed by atoms with E-state index in [1.165, 1.54) is 16.4 Å². The van der Waals surface area contributed by atoms with Crippen molar-refractivity contribution in [1.29, 1.82) is 0 Å². The fraction of sp³-hybridized carbons (Fsp3) is 0.182. The van der Waals surface area contributed by atoms with E-state index >= 15 is 0 Å². The fourth-order valence-electron chi connectivity index (χ4n) is 2.93. The Kier molecular flexibility index (Phi) is 6.15. The SMILES string of the molecule is COc1ccc(CN(c2ccc(C)c(F)c2)S(=O)(=O)c2cccc(Cl)c2C)cc1. The number of halogens is 2. The number of anilines is 1. The summed E-state index contributed by atoms with van der Waals surface area (Å²) < 4.78 is 47.7. The van der Waals surface area contributed by atoms with Crippen LogP contribution in [0, 0.1) is 19.7 Å². The van der Waals surface area contributed by atoms with Crippen molar-refractivity contribution in [2.45, 2.75) is 25.3 Å². The molecule has 3 aromatic rings. The van der Waals surface area contributed by atoms with Gasteiger partial charge in [-0.2, -0.15) is 0 Å². The van der Waals surface area contributed by atoms with E-state index in [0.717, 1.165) is 5.56 Å². The first-order chi connectivity index (χ1) is 13.7. The Balaban J connectivity index is 2.13. The standard InChI is InChI=1S/C22H21ClFNO3S/c1-15-7-10-18(13-21(15)24)25(14-17-8-11-19(28-3)12-9-17)29(26,27)22-6-4-5-20(23)16(22)2/h4-13H,14H2,1-3H3. The molecular weight excluding hydrogens is 413 g/mol. The molecule has 3 rings (SSSR count). The number of sulfonamides is 1. The summed E-state index contributed by atoms with van der Waals surface area (Å²) in [6.07, 6.45) is 0. The molecule has 0 amide bonds. The third-order valence-corrected chi connectivity index (χ3v) is 7.04. The highest BCUT2D eigenvalue weighted by molar-refractivity contribution is 7.92. The first kappa shape index (κ1) is 21.1. The minimum atomic E-state index is -4.00. The average molecular weight is 434 g/mol. The van der Waals surface area contributed by atoms with Crippen LogP contribution in [0.3, 0.4) is 0 Å². The molecule has 0 aromatic heterocycles. The number of rotatable bonds is 6. The Hall–Kier alpha value is -2.57. The van der Waals surface area contributed by atoms with E-state index in [9.17, 15) is 12.8 Å². The Morgan fingerprint density at radius 1 is 1.03 bits per heavy atom. The zero-order chi connectivity index (χ0) is 21.2. The van der Waals surface area contributed by atoms with Gasteiger partial charge in [-0.1, -0.05) is 35.9 Å². The third-order valence-electron chi connectivity index (χ3n) is 4.71. The first-order valence-electron chi connectivity index (χ1n) is 8.91. The van der Waals surface area contributed by atoms with Crippen LogP contribution in [0.1, 0.15) is 16.7 Å². The summed E-state index contributed by atoms with van der Waals surface area (Å²) in [5.74, 6) is 0.190. The lowest BCUT2D eigenvalue weighted by Crippen LogP contribution is -2.31. The molecule has 0 saturated carbocycles. The highest BCUT2D eigenvalue weighted by Gasteiger charge is 2.28. The number of hydrogen-bond acceptors (Lipinski definition) is 3. The van der Waals surface area contributed by atoms with Gasteiger partial charge in [0, 0.05) is 5.02 Å². The summed E-state index contributed by atoms with van der Waals surface area (Å²) in [7, 11) is -2.44. The predicted molar refractivity (Wildman–Crippen MR) is 114 cm³/mol. The summed E-state index contributed by atoms with van der Waals surface area (Å²) in [6, 6.07) is 16.2. The molecule has 7 heteroatoms. The molecule has 0 aliphatic heterocycles. The summed E-state index contributed by atoms with van der Waals surface area (Å²) in [6.45, 7) is 3.31. The van der Waals surface area contributed by atoms with Crippen molar-refractivity contribution in [2.24, 2.45) is 0 Å². The van der Waals surface area contributed by atoms with Crippen molar-refractivity contribution in [2.75, 3.05) is 11.4 Å². The van der Waals surface area contributed by atoms with Gasteiger partial charge < -0.3 is 4.74 Å². The van der Waals surface area contributed by atoms with Crippen molar-refractivity contribution < 1.29 is 17.5 Å². The highest BCUT2D eigenvalue weighted by Crippen LogP contribution is 2.31. The first-order valence-corrected chi connectivity index (χ1v) is 10.7. The third kappa shape index (κ3) is 4.38. The van der Waals surface area contributed by atoms with Crippen LogP contribution in [0.4, 0.5) is 10.1 Å². The molecular formula is C22H21ClFNO3S. The molecule has 0 radical (unpaired) electrons. The Morgan fingerprint density at radius 2 is 1.72 bits per heavy atom. The zero-order valence-corrected chi connectivity index (χ0v) is 17.9. The van der Waals surface area contributed by atoms with Gasteiger partial charge in [0.05, 0.1) is 24.2 Å². The Bertz CT molecular complexity index is 1130. The molecule has 0 saturated heterocycles. The number of hydrogen-bond donors (Lipinski definition) is 0. The molecule has 0 fully saturated rings. The van der Waals surface area contributed by atoms with Crippen molar-refractivity contribution >= 4 is 27.3 Å². The minimum Gasteiger partial charge on any atom is -0.497 e. The molecule has 0 heterocycles. The maximum Gasteiger partial charge on any atom is 0.264 e. The summed E-state index contributed by atoms with van der Waals surface area (Å²) >= 11 is 6.15. The number of methoxy groups -OCH3 is 1. The van der Waals surface area contributed by atoms with Crippen molar-refractivity contribution in [1.82, 2.24) is 0 Å². The molecule has 0 N–H and O–H groups in total. The largest absolute Gasteiger partial charge is 0.497 e. The molecule has 3 aromatic carbocycles. The van der Waals surface area contributed by atoms with Gasteiger partial charge >= 0.3 is 0 Å². The second-order valence-electron chi connectivity index (χ2n) is 6.66. The van der Waals surface area contributed by atoms with E-state index in [1.807, 2.05) is 0 Å². The van der Waals surface area contributed by atoms with Gasteiger partial charge in [0.2, 0.25) is 0 Å². The molecule has 0 bridgehead atoms. The molecule has 0 unspecified atom stereocenters. The van der Waals surface area contributed by atoms with E-state index in [0.29, 0.717) is 21.9 Å². The quantitative estimate of drug-likeness (QED) is 0.515. The van der Waals surface area contributed by atoms with Crippen LogP contribution in [0.25, 0.3) is 0 Å². The maximum absolute atomic E-state index is 14.3. The van der Waals surface area contributed by atoms with Crippen molar-refractivity contribution in [3.05, 3.63) is 88.2 Å². The van der Waals surface area contributed by atoms with Crippen LogP contribution in [-0.2, 0) is 16.6 Å². The number of benzene rings is 3. The number of nitrogens with zero attached hydrogens (tertiary/aromatic N) is 1. The number of ether oxygens (including phenoxy) is 1. The minimum absolute atomic E-state index is 0.0286. The molecule has 0 aliphatic carbocycles. The smallest absolute Gasteiger partial charge is 0.264 e. The lowest BCUT2D eigenvalue weighted by Gasteiger charge is -2.26. The summed E-state index contributed by atoms with van der Waals surface area (Å²) in [4.78, 5) is 0.0829. The second kappa shape index (κ2) is 8.43. The van der Waals surface area contributed by atoms with E-state index < -0.39 is 15.8 Å². The van der Waals surface area contributed by atoms with Crippen LogP contribution >= 0.6 is 11.6 Å². The van der Waals surface area contributed by atoms with Gasteiger partial charge in [0.25, 0.3) is 10.0 Å². The van der Waals surface area contributed by atoms with Gasteiger partial charge in [0.1, 0.15) is 11.6 Å². The fourth-order valence-corrected chi connectivity index (χ4v) is 4.86. The monoisotopic (exact) mass is 433 g/mol. The van der Waals surface area contributed by atoms with Crippen LogP contribution in [0.15, 0.2) is 65.6 Å². The molecule has 29 heavy (non-hydrogen) atoms. The van der Waals surface area contributed by atoms with E-state index in [4.69, 9.17) is 16.3 Å². The topological polar surface area (TPSA) is 46.6 Å². The molecule has 152 valence electrons. The lowest BCUT2D eigenvalue weighted by atomic mass is 10.2. The van der Waals surface area contributed by atoms with Gasteiger partial charge in [-0.3, -0.25) is 4.31 Å². The van der Waals surface area contributed by atoms with Crippen LogP contribution in [-0.4, -0.2) is 15.5 Å². The van der Waals surface area contributed by atoms with E-state index in [2.05, 4.69) is 0 Å². The highest BCUT2D eigenvalue weighted by atomic mass is 35.5. The maximum atomic E-state index is 14.3. The van der Waals surface area contributed by atoms with Crippen LogP contribution in [0.5, 0.6) is 5.75 Å². The normalized spacial score (nSPS) is 11.3. The van der Waals surface area contributed by atoms with Crippen molar-refractivity contribution in [3.63, 3.8) is 0 Å². The van der Waals surface area contributed by atoms with Crippen LogP contribution in [0.2, 0.25) is 5.02 Å². The van der Waals surface area contributed by atoms with Gasteiger partial charge in [0.15, 0.2) is 0 Å². The van der Waals surface area contributed by atoms with E-state index in [1.54, 1.807) is 69.5 Å². The van der Waals surface area contributed by atoms with Gasteiger partial charge in [-0.05, 0) is 66.9 Å². The van der Waals surface area contributed by atoms with Crippen molar-refractivity contribution in [3.8, 4) is 5.75 Å². The molecule has 0 spiro atoms. The zero-order valence-electron chi connectivity index (χ0n) is 16.3. The van der Waals surface area contributed by atoms with Crippen LogP contribution < -0.4 is 9.04 Å². The summed E-state index contributed by atoms with van der Waals surface area (Å²) in [5, 5.41) is 0.352. The molecule has 0 atom stereocenters. The molecule has 0 aliphatic rings. The Labute approximate surface area is 175 Å². The second-order valence-corrected chi connectivity index (χ2v) is 8.89. The van der Waals surface area contributed by atoms with E-state index in [-0.39, 0.29) is 17.1 Å². The Morgan fingerprint density at radius 3 is 2.34 bits per heavy atom. The van der Waals surface area contributed by atoms with Gasteiger partial charge in [-0.25, -0.2) is 12.8 Å². The lowest BCUT2D eigenvalue weighted by molar-refractivity contribution is 0.414. The van der Waals surface area contributed by atoms with Gasteiger partial charge in [-0.15, -0.1) is 0 Å². The predicted octanol–water partition coefficient (Wildman–Crippen LogP) is 5.50. The number of aryl methyl sites for hydroxylation is 1. The average Bonchev–Trinajstić information content (AvgIpc) is 2.70.